The molecule has 0 aliphatic carbocycles. The van der Waals surface area contributed by atoms with E-state index in [1.165, 1.54) is 45.2 Å². The molecule has 1 aliphatic heterocycles. The van der Waals surface area contributed by atoms with Crippen LogP contribution in [0, 0.1) is 27.9 Å². The number of nitrogens with zero attached hydrogens (tertiary/aromatic N) is 2. The lowest BCUT2D eigenvalue weighted by atomic mass is 9.85. The molecule has 0 bridgehead atoms. The van der Waals surface area contributed by atoms with Crippen LogP contribution in [0.2, 0.25) is 0 Å². The number of aliphatic hydroxyl groups excluding tert-OH is 3. The topological polar surface area (TPSA) is 263 Å². The van der Waals surface area contributed by atoms with Gasteiger partial charge in [-0.05, 0) is 106 Å². The smallest absolute Gasteiger partial charge is 0.311 e. The summed E-state index contributed by atoms with van der Waals surface area (Å²) in [5.74, 6) is -0.592. The van der Waals surface area contributed by atoms with Gasteiger partial charge >= 0.3 is 5.97 Å². The van der Waals surface area contributed by atoms with Crippen LogP contribution in [-0.4, -0.2) is 166 Å². The molecule has 18 nitrogen and oxygen atoms in total. The number of carbonyl (C=O) groups is 2. The second kappa shape index (κ2) is 34.5. The molecule has 0 saturated carbocycles. The van der Waals surface area contributed by atoms with E-state index in [4.69, 9.17) is 18.9 Å². The molecule has 2 rings (SSSR count). The van der Waals surface area contributed by atoms with E-state index in [2.05, 4.69) is 24.5 Å². The minimum atomic E-state index is -1.77. The molecule has 18 heteroatoms. The van der Waals surface area contributed by atoms with Crippen LogP contribution in [0.4, 0.5) is 5.69 Å². The lowest BCUT2D eigenvalue weighted by Crippen LogP contribution is -2.59. The Morgan fingerprint density at radius 3 is 2.04 bits per heavy atom. The van der Waals surface area contributed by atoms with Crippen molar-refractivity contribution in [2.24, 2.45) is 17.8 Å². The van der Waals surface area contributed by atoms with E-state index in [9.17, 15) is 50.3 Å². The van der Waals surface area contributed by atoms with E-state index >= 15 is 0 Å². The number of nitro groups is 1. The summed E-state index contributed by atoms with van der Waals surface area (Å²) in [7, 11) is 5.38. The number of ether oxygens (including phenoxy) is 4. The number of nitrogens with one attached hydrogen (secondary N) is 2. The summed E-state index contributed by atoms with van der Waals surface area (Å²) in [5.41, 5.74) is -3.62. The summed E-state index contributed by atoms with van der Waals surface area (Å²) in [4.78, 5) is 36.5. The second-order valence-electron chi connectivity index (χ2n) is 19.4. The van der Waals surface area contributed by atoms with Gasteiger partial charge in [0.05, 0.1) is 46.8 Å². The van der Waals surface area contributed by atoms with E-state index in [1.54, 1.807) is 67.8 Å². The minimum Gasteiger partial charge on any atom is -0.459 e. The van der Waals surface area contributed by atoms with Gasteiger partial charge in [-0.25, -0.2) is 0 Å². The highest BCUT2D eigenvalue weighted by atomic mass is 16.7. The molecule has 1 aromatic rings. The molecule has 0 aromatic heterocycles. The Morgan fingerprint density at radius 2 is 1.58 bits per heavy atom. The second-order valence-corrected chi connectivity index (χ2v) is 19.4. The number of hydrogen-bond acceptors (Lipinski definition) is 16. The molecular weight excluding hydrogens is 893 g/mol. The fraction of sp³-hybridized carbons (Fsp3) is 0.843. The number of esters is 1. The van der Waals surface area contributed by atoms with Crippen molar-refractivity contribution in [3.63, 3.8) is 0 Å². The maximum absolute atomic E-state index is 13.2. The van der Waals surface area contributed by atoms with Crippen LogP contribution in [0.25, 0.3) is 0 Å². The molecule has 5 unspecified atom stereocenters. The van der Waals surface area contributed by atoms with Crippen molar-refractivity contribution >= 4 is 17.6 Å². The summed E-state index contributed by atoms with van der Waals surface area (Å²) < 4.78 is 22.5. The molecule has 0 spiro atoms. The van der Waals surface area contributed by atoms with Crippen LogP contribution in [-0.2, 0) is 35.0 Å². The molecule has 14 atom stereocenters. The van der Waals surface area contributed by atoms with Gasteiger partial charge in [0.25, 0.3) is 5.69 Å². The molecule has 8 N–H and O–H groups in total. The van der Waals surface area contributed by atoms with Gasteiger partial charge in [0, 0.05) is 57.9 Å². The zero-order valence-electron chi connectivity index (χ0n) is 45.5. The number of amides is 1. The quantitative estimate of drug-likeness (QED) is 0.0233. The number of rotatable bonds is 27. The number of nitro benzene ring substituents is 1. The van der Waals surface area contributed by atoms with Crippen molar-refractivity contribution in [1.82, 2.24) is 15.5 Å². The summed E-state index contributed by atoms with van der Waals surface area (Å²) >= 11 is 0. The maximum Gasteiger partial charge on any atom is 0.311 e. The van der Waals surface area contributed by atoms with Gasteiger partial charge in [-0.2, -0.15) is 0 Å². The third kappa shape index (κ3) is 25.4. The van der Waals surface area contributed by atoms with E-state index in [-0.39, 0.29) is 36.8 Å². The number of likely N-dealkylation sites (N-methyl/N-ethyl adjacent to an activating group) is 2. The van der Waals surface area contributed by atoms with Crippen LogP contribution < -0.4 is 10.6 Å². The fourth-order valence-electron chi connectivity index (χ4n) is 7.97. The van der Waals surface area contributed by atoms with Crippen molar-refractivity contribution in [2.75, 3.05) is 47.4 Å². The predicted octanol–water partition coefficient (Wildman–Crippen LogP) is 5.53. The largest absolute Gasteiger partial charge is 0.459 e. The molecule has 1 fully saturated rings. The fourth-order valence-corrected chi connectivity index (χ4v) is 7.97. The van der Waals surface area contributed by atoms with Crippen LogP contribution in [0.15, 0.2) is 24.3 Å². The summed E-state index contributed by atoms with van der Waals surface area (Å²) in [6.07, 6.45) is -1.12. The lowest BCUT2D eigenvalue weighted by molar-refractivity contribution is -0.384. The van der Waals surface area contributed by atoms with Crippen LogP contribution in [0.3, 0.4) is 0 Å². The first-order valence-corrected chi connectivity index (χ1v) is 25.1. The van der Waals surface area contributed by atoms with E-state index in [0.29, 0.717) is 32.5 Å². The third-order valence-electron chi connectivity index (χ3n) is 12.8. The van der Waals surface area contributed by atoms with Crippen molar-refractivity contribution in [3.05, 3.63) is 39.9 Å². The summed E-state index contributed by atoms with van der Waals surface area (Å²) in [6.45, 7) is 27.9. The highest BCUT2D eigenvalue weighted by Crippen LogP contribution is 2.33. The molecule has 1 aliphatic rings. The number of hydrogen-bond donors (Lipinski definition) is 8. The average molecular weight is 991 g/mol. The van der Waals surface area contributed by atoms with E-state index in [1.807, 2.05) is 39.6 Å². The number of non-ortho nitro benzene ring substituents is 1. The standard InChI is InChI=1S/C30H59NO10.C11H15N3O3.C8H18O.C2H6/c1-12-22(40-24-15-29(9,37)26(34)20(6)39-24)18(4)27(35)41-23(13-2)30(10,38)25(33)19(5)31(11)16-17(3)14-28(8,36)21(7)32;1-12-6-7-13-11(15)8-9-2-4-10(5-3-9)14(16)17;1-4-5-8(2)6-7-9-3;1-2/h17-26,32-34,36-38H,12-16H2,1-11H3;2-5,12H,6-8H2,1H3,(H,13,15);8H,4-7H2,1-3H3;1-2H3/t17-,18?,19?,20?,21-,22+,23-,24+,25?,26+,28-,29-,30-;;;/m1.../s1. The lowest BCUT2D eigenvalue weighted by Gasteiger charge is -2.43. The van der Waals surface area contributed by atoms with Crippen molar-refractivity contribution in [2.45, 2.75) is 214 Å². The monoisotopic (exact) mass is 991 g/mol. The average Bonchev–Trinajstić information content (AvgIpc) is 3.28. The Hall–Kier alpha value is -2.88. The van der Waals surface area contributed by atoms with Crippen molar-refractivity contribution in [1.29, 1.82) is 0 Å². The number of carbonyl (C=O) groups excluding carboxylic acids is 2. The molecular formula is C51H98N4O14. The summed E-state index contributed by atoms with van der Waals surface area (Å²) in [6, 6.07) is 5.47. The third-order valence-corrected chi connectivity index (χ3v) is 12.8. The van der Waals surface area contributed by atoms with E-state index < -0.39 is 82.6 Å². The molecule has 1 aromatic carbocycles. The zero-order chi connectivity index (χ0) is 53.9. The van der Waals surface area contributed by atoms with Crippen molar-refractivity contribution in [3.8, 4) is 0 Å². The van der Waals surface area contributed by atoms with Gasteiger partial charge in [0.2, 0.25) is 5.91 Å². The summed E-state index contributed by atoms with van der Waals surface area (Å²) in [5, 5.41) is 79.7. The molecule has 69 heavy (non-hydrogen) atoms. The molecule has 0 radical (unpaired) electrons. The maximum atomic E-state index is 13.2. The molecule has 1 amide bonds. The molecule has 406 valence electrons. The van der Waals surface area contributed by atoms with Gasteiger partial charge in [-0.1, -0.05) is 73.4 Å². The Bertz CT molecular complexity index is 1530. The Balaban J connectivity index is 0. The first-order valence-electron chi connectivity index (χ1n) is 25.1. The zero-order valence-corrected chi connectivity index (χ0v) is 45.5. The normalized spacial score (nSPS) is 23.2. The number of benzene rings is 1. The SMILES string of the molecule is CC.CCCC(C)CCOC.CC[C@H](O[C@H]1C[C@@](C)(O)[C@@H](O)C(C)O1)C(C)C(=O)O[C@H](CC)[C@@](C)(O)C(O)C(C)N(C)C[C@H](C)C[C@@](C)(O)[C@@H](C)O.CNCCNC(=O)Cc1ccc([N+](=O)[O-])cc1. The Morgan fingerprint density at radius 1 is 1.00 bits per heavy atom. The minimum absolute atomic E-state index is 0.0149. The Labute approximate surface area is 415 Å². The van der Waals surface area contributed by atoms with Crippen LogP contribution >= 0.6 is 0 Å². The van der Waals surface area contributed by atoms with Crippen molar-refractivity contribution < 1.29 is 64.1 Å². The van der Waals surface area contributed by atoms with E-state index in [0.717, 1.165) is 18.1 Å². The first-order chi connectivity index (χ1) is 32.1. The van der Waals surface area contributed by atoms with Gasteiger partial charge in [-0.15, -0.1) is 0 Å². The number of methoxy groups -OCH3 is 1. The van der Waals surface area contributed by atoms with Gasteiger partial charge in [-0.3, -0.25) is 19.7 Å². The number of aliphatic hydroxyl groups is 6. The highest BCUT2D eigenvalue weighted by molar-refractivity contribution is 5.78. The first kappa shape index (κ1) is 68.2. The molecule has 1 saturated heterocycles. The van der Waals surface area contributed by atoms with Crippen LogP contribution in [0.5, 0.6) is 0 Å². The predicted molar refractivity (Wildman–Crippen MR) is 271 cm³/mol. The van der Waals surface area contributed by atoms with Crippen LogP contribution in [0.1, 0.15) is 147 Å². The highest BCUT2D eigenvalue weighted by Gasteiger charge is 2.47. The van der Waals surface area contributed by atoms with Gasteiger partial charge in [0.1, 0.15) is 23.9 Å². The van der Waals surface area contributed by atoms with Gasteiger partial charge < -0.3 is 65.1 Å². The van der Waals surface area contributed by atoms with Gasteiger partial charge in [0.15, 0.2) is 6.29 Å². The molecule has 1 heterocycles. The Kier molecular flexibility index (Phi) is 34.1.